The van der Waals surface area contributed by atoms with Crippen molar-refractivity contribution in [2.45, 2.75) is 50.2 Å². The molecule has 3 N–H and O–H groups in total. The lowest BCUT2D eigenvalue weighted by molar-refractivity contribution is -0.149. The van der Waals surface area contributed by atoms with Gasteiger partial charge in [0.25, 0.3) is 0 Å². The summed E-state index contributed by atoms with van der Waals surface area (Å²) in [6.45, 7) is 1.27. The number of rotatable bonds is 6. The highest BCUT2D eigenvalue weighted by molar-refractivity contribution is 5.90. The lowest BCUT2D eigenvalue weighted by Gasteiger charge is -2.41. The number of nitrogens with one attached hydrogen (secondary N) is 1. The maximum atomic E-state index is 12.6. The molecule has 5 rings (SSSR count). The number of aliphatic carboxylic acids is 2. The molecule has 2 atom stereocenters. The summed E-state index contributed by atoms with van der Waals surface area (Å²) in [4.78, 5) is 37.5. The summed E-state index contributed by atoms with van der Waals surface area (Å²) in [6.07, 6.45) is 10.7. The van der Waals surface area contributed by atoms with Gasteiger partial charge in [-0.2, -0.15) is 0 Å². The van der Waals surface area contributed by atoms with Gasteiger partial charge in [0.2, 0.25) is 0 Å². The Morgan fingerprint density at radius 3 is 2.46 bits per heavy atom. The van der Waals surface area contributed by atoms with Gasteiger partial charge in [0, 0.05) is 54.9 Å². The Labute approximate surface area is 215 Å². The van der Waals surface area contributed by atoms with Crippen molar-refractivity contribution in [2.24, 2.45) is 5.92 Å². The average Bonchev–Trinajstić information content (AvgIpc) is 3.31. The lowest BCUT2D eigenvalue weighted by atomic mass is 9.77. The monoisotopic (exact) mass is 510 g/mol. The van der Waals surface area contributed by atoms with Crippen LogP contribution < -0.4 is 0 Å². The number of benzene rings is 1. The first kappa shape index (κ1) is 26.6. The van der Waals surface area contributed by atoms with Crippen LogP contribution in [0.1, 0.15) is 42.7 Å². The summed E-state index contributed by atoms with van der Waals surface area (Å²) in [6, 6.07) is 7.01. The number of likely N-dealkylation sites (N-methyl/N-ethyl adjacent to an activating group) is 1. The van der Waals surface area contributed by atoms with Gasteiger partial charge in [-0.1, -0.05) is 18.2 Å². The zero-order valence-corrected chi connectivity index (χ0v) is 21.2. The number of esters is 1. The maximum absolute atomic E-state index is 12.6. The number of carbonyl (C=O) groups excluding carboxylic acids is 1. The Hall–Kier alpha value is -3.43. The van der Waals surface area contributed by atoms with Crippen LogP contribution in [0.5, 0.6) is 0 Å². The molecular weight excluding hydrogens is 476 g/mol. The van der Waals surface area contributed by atoms with Crippen LogP contribution in [0.25, 0.3) is 10.9 Å². The van der Waals surface area contributed by atoms with Crippen molar-refractivity contribution < 1.29 is 34.1 Å². The number of ether oxygens (including phenoxy) is 2. The zero-order valence-electron chi connectivity index (χ0n) is 21.2. The van der Waals surface area contributed by atoms with E-state index in [0.29, 0.717) is 36.8 Å². The first-order chi connectivity index (χ1) is 17.8. The predicted molar refractivity (Wildman–Crippen MR) is 137 cm³/mol. The van der Waals surface area contributed by atoms with Crippen molar-refractivity contribution in [3.8, 4) is 0 Å². The Kier molecular flexibility index (Phi) is 8.45. The minimum absolute atomic E-state index is 0.0295. The number of aromatic nitrogens is 1. The highest BCUT2D eigenvalue weighted by atomic mass is 16.5. The summed E-state index contributed by atoms with van der Waals surface area (Å²) in [5.74, 6) is -2.17. The molecule has 1 saturated carbocycles. The van der Waals surface area contributed by atoms with Gasteiger partial charge in [-0.05, 0) is 61.9 Å². The molecule has 1 aromatic heterocycles. The van der Waals surface area contributed by atoms with Gasteiger partial charge >= 0.3 is 17.9 Å². The molecule has 37 heavy (non-hydrogen) atoms. The molecule has 1 aromatic carbocycles. The highest BCUT2D eigenvalue weighted by Crippen LogP contribution is 2.41. The number of hydrogen-bond acceptors (Lipinski definition) is 6. The maximum Gasteiger partial charge on any atom is 0.328 e. The van der Waals surface area contributed by atoms with Crippen LogP contribution in [-0.4, -0.2) is 77.5 Å². The predicted octanol–water partition coefficient (Wildman–Crippen LogP) is 3.51. The van der Waals surface area contributed by atoms with E-state index in [1.54, 1.807) is 7.11 Å². The second-order valence-electron chi connectivity index (χ2n) is 9.95. The third-order valence-corrected chi connectivity index (χ3v) is 7.57. The molecule has 9 nitrogen and oxygen atoms in total. The Bertz CT molecular complexity index is 1190. The third kappa shape index (κ3) is 6.29. The largest absolute Gasteiger partial charge is 0.478 e. The van der Waals surface area contributed by atoms with E-state index in [9.17, 15) is 14.4 Å². The molecule has 9 heteroatoms. The minimum Gasteiger partial charge on any atom is -0.478 e. The molecule has 0 spiro atoms. The van der Waals surface area contributed by atoms with E-state index in [-0.39, 0.29) is 11.9 Å². The zero-order chi connectivity index (χ0) is 26.5. The van der Waals surface area contributed by atoms with Crippen LogP contribution in [0.4, 0.5) is 0 Å². The van der Waals surface area contributed by atoms with Crippen molar-refractivity contribution in [3.05, 3.63) is 59.3 Å². The number of aromatic amines is 1. The Morgan fingerprint density at radius 2 is 1.81 bits per heavy atom. The Balaban J connectivity index is 0.000000349. The van der Waals surface area contributed by atoms with Crippen LogP contribution in [0.2, 0.25) is 0 Å². The highest BCUT2D eigenvalue weighted by Gasteiger charge is 2.36. The quantitative estimate of drug-likeness (QED) is 0.306. The number of H-pyrrole nitrogens is 1. The lowest BCUT2D eigenvalue weighted by Crippen LogP contribution is -2.44. The van der Waals surface area contributed by atoms with E-state index in [2.05, 4.69) is 47.4 Å². The summed E-state index contributed by atoms with van der Waals surface area (Å²) in [7, 11) is 3.95. The van der Waals surface area contributed by atoms with Gasteiger partial charge in [0.05, 0.1) is 12.0 Å². The first-order valence-electron chi connectivity index (χ1n) is 12.6. The second-order valence-corrected chi connectivity index (χ2v) is 9.95. The molecule has 3 aliphatic rings. The van der Waals surface area contributed by atoms with Gasteiger partial charge in [-0.15, -0.1) is 0 Å². The van der Waals surface area contributed by atoms with Crippen molar-refractivity contribution in [1.82, 2.24) is 9.88 Å². The molecule has 0 unspecified atom stereocenters. The van der Waals surface area contributed by atoms with E-state index in [1.807, 2.05) is 0 Å². The molecule has 2 heterocycles. The summed E-state index contributed by atoms with van der Waals surface area (Å²) >= 11 is 0. The van der Waals surface area contributed by atoms with Gasteiger partial charge < -0.3 is 24.7 Å². The number of carboxylic acids is 2. The van der Waals surface area contributed by atoms with Gasteiger partial charge in [0.1, 0.15) is 6.61 Å². The normalized spacial score (nSPS) is 25.1. The van der Waals surface area contributed by atoms with Gasteiger partial charge in [-0.25, -0.2) is 9.59 Å². The average molecular weight is 511 g/mol. The van der Waals surface area contributed by atoms with E-state index in [1.165, 1.54) is 27.6 Å². The van der Waals surface area contributed by atoms with Crippen molar-refractivity contribution in [1.29, 1.82) is 0 Å². The molecule has 2 aromatic rings. The SMILES string of the molecule is COC1CCC(C(=O)OCC2=C[C@@H]3c4cccc5[nH]cc(c45)C[C@H]3N(C)C2)CC1.O=C(O)/C=C\C(=O)O. The second kappa shape index (κ2) is 11.7. The van der Waals surface area contributed by atoms with Crippen LogP contribution in [0.15, 0.2) is 48.2 Å². The summed E-state index contributed by atoms with van der Waals surface area (Å²) in [5.41, 5.74) is 5.24. The molecule has 198 valence electrons. The van der Waals surface area contributed by atoms with E-state index in [0.717, 1.165) is 38.6 Å². The van der Waals surface area contributed by atoms with Gasteiger partial charge in [-0.3, -0.25) is 9.69 Å². The fourth-order valence-electron chi connectivity index (χ4n) is 5.71. The third-order valence-electron chi connectivity index (χ3n) is 7.57. The first-order valence-corrected chi connectivity index (χ1v) is 12.6. The molecule has 1 fully saturated rings. The van der Waals surface area contributed by atoms with E-state index in [4.69, 9.17) is 19.7 Å². The number of nitrogens with zero attached hydrogens (tertiary/aromatic N) is 1. The van der Waals surface area contributed by atoms with Crippen molar-refractivity contribution in [3.63, 3.8) is 0 Å². The number of carbonyl (C=O) groups is 3. The smallest absolute Gasteiger partial charge is 0.328 e. The topological polar surface area (TPSA) is 129 Å². The Morgan fingerprint density at radius 1 is 1.11 bits per heavy atom. The van der Waals surface area contributed by atoms with Crippen molar-refractivity contribution >= 4 is 28.8 Å². The van der Waals surface area contributed by atoms with E-state index < -0.39 is 11.9 Å². The minimum atomic E-state index is -1.26. The molecule has 0 radical (unpaired) electrons. The molecular formula is C28H34N2O7. The van der Waals surface area contributed by atoms with Crippen LogP contribution in [0, 0.1) is 5.92 Å². The fourth-order valence-corrected chi connectivity index (χ4v) is 5.71. The number of methoxy groups -OCH3 is 1. The molecule has 0 amide bonds. The van der Waals surface area contributed by atoms with Gasteiger partial charge in [0.15, 0.2) is 0 Å². The number of carboxylic acid groups (broad SMARTS) is 2. The molecule has 0 bridgehead atoms. The summed E-state index contributed by atoms with van der Waals surface area (Å²) < 4.78 is 11.2. The standard InChI is InChI=1S/C24H30N2O3.C4H4O4/c1-26-13-15(14-29-24(27)16-6-8-18(28-2)9-7-16)10-20-19-4-3-5-21-23(19)17(12-25-21)11-22(20)26;5-3(6)1-2-4(7)8/h3-5,10,12,16,18,20,22,25H,6-9,11,13-14H2,1-2H3;1-2H,(H,5,6)(H,7,8)/b;2-1-/t16?,18?,20-,22-;/m1./s1. The van der Waals surface area contributed by atoms with E-state index >= 15 is 0 Å². The number of fused-ring (bicyclic) bond motifs is 2. The molecule has 0 saturated heterocycles. The van der Waals surface area contributed by atoms with Crippen LogP contribution in [-0.2, 0) is 30.3 Å². The molecule has 2 aliphatic carbocycles. The number of hydrogen-bond donors (Lipinski definition) is 3. The molecule has 1 aliphatic heterocycles. The van der Waals surface area contributed by atoms with Crippen LogP contribution in [0.3, 0.4) is 0 Å². The fraction of sp³-hybridized carbons (Fsp3) is 0.464. The van der Waals surface area contributed by atoms with Crippen LogP contribution >= 0.6 is 0 Å². The summed E-state index contributed by atoms with van der Waals surface area (Å²) in [5, 5.41) is 17.0. The van der Waals surface area contributed by atoms with Crippen molar-refractivity contribution in [2.75, 3.05) is 27.3 Å².